The molecule has 0 aromatic carbocycles. The fourth-order valence-corrected chi connectivity index (χ4v) is 2.04. The number of anilines is 1. The van der Waals surface area contributed by atoms with Crippen molar-refractivity contribution in [2.24, 2.45) is 0 Å². The van der Waals surface area contributed by atoms with Crippen LogP contribution in [0.1, 0.15) is 25.7 Å². The smallest absolute Gasteiger partial charge is 0.171 e. The third kappa shape index (κ3) is 5.56. The monoisotopic (exact) mass is 259 g/mol. The Morgan fingerprint density at radius 3 is 2.69 bits per heavy atom. The van der Waals surface area contributed by atoms with Crippen molar-refractivity contribution in [3.8, 4) is 0 Å². The lowest BCUT2D eigenvalue weighted by Crippen LogP contribution is -2.04. The molecule has 0 atom stereocenters. The lowest BCUT2D eigenvalue weighted by molar-refractivity contribution is 0.688. The molecule has 0 radical (unpaired) electrons. The highest BCUT2D eigenvalue weighted by atomic mass is 35.5. The highest BCUT2D eigenvalue weighted by Crippen LogP contribution is 2.14. The van der Waals surface area contributed by atoms with Crippen molar-refractivity contribution < 1.29 is 0 Å². The SMILES string of the molecule is CSCCCCCCNc1nccnc1Cl. The molecule has 1 aromatic heterocycles. The van der Waals surface area contributed by atoms with Crippen LogP contribution in [0.4, 0.5) is 5.82 Å². The highest BCUT2D eigenvalue weighted by molar-refractivity contribution is 7.98. The van der Waals surface area contributed by atoms with E-state index in [0.29, 0.717) is 11.0 Å². The quantitative estimate of drug-likeness (QED) is 0.726. The highest BCUT2D eigenvalue weighted by Gasteiger charge is 1.99. The molecule has 5 heteroatoms. The number of thioether (sulfide) groups is 1. The molecule has 0 bridgehead atoms. The molecule has 1 N–H and O–H groups in total. The molecule has 90 valence electrons. The molecule has 0 saturated heterocycles. The summed E-state index contributed by atoms with van der Waals surface area (Å²) in [6.07, 6.45) is 10.4. The maximum Gasteiger partial charge on any atom is 0.171 e. The second-order valence-electron chi connectivity index (χ2n) is 3.53. The van der Waals surface area contributed by atoms with E-state index in [1.165, 1.54) is 25.0 Å². The second-order valence-corrected chi connectivity index (χ2v) is 4.87. The van der Waals surface area contributed by atoms with E-state index >= 15 is 0 Å². The van der Waals surface area contributed by atoms with Gasteiger partial charge in [-0.15, -0.1) is 0 Å². The third-order valence-electron chi connectivity index (χ3n) is 2.22. The molecule has 3 nitrogen and oxygen atoms in total. The fraction of sp³-hybridized carbons (Fsp3) is 0.636. The largest absolute Gasteiger partial charge is 0.368 e. The number of halogens is 1. The van der Waals surface area contributed by atoms with Gasteiger partial charge < -0.3 is 5.32 Å². The van der Waals surface area contributed by atoms with Gasteiger partial charge in [0.15, 0.2) is 11.0 Å². The van der Waals surface area contributed by atoms with Crippen molar-refractivity contribution in [1.82, 2.24) is 9.97 Å². The summed E-state index contributed by atoms with van der Waals surface area (Å²) in [6, 6.07) is 0. The number of aromatic nitrogens is 2. The summed E-state index contributed by atoms with van der Waals surface area (Å²) in [5.41, 5.74) is 0. The fourth-order valence-electron chi connectivity index (χ4n) is 1.37. The Morgan fingerprint density at radius 2 is 1.94 bits per heavy atom. The van der Waals surface area contributed by atoms with Crippen LogP contribution in [-0.2, 0) is 0 Å². The van der Waals surface area contributed by atoms with Gasteiger partial charge in [0.05, 0.1) is 0 Å². The van der Waals surface area contributed by atoms with Crippen LogP contribution in [0.2, 0.25) is 5.15 Å². The third-order valence-corrected chi connectivity index (χ3v) is 3.19. The summed E-state index contributed by atoms with van der Waals surface area (Å²) in [6.45, 7) is 0.914. The standard InChI is InChI=1S/C11H18ClN3S/c1-16-9-5-3-2-4-6-14-11-10(12)13-7-8-15-11/h7-8H,2-6,9H2,1H3,(H,14,15). The van der Waals surface area contributed by atoms with Crippen molar-refractivity contribution in [3.63, 3.8) is 0 Å². The maximum absolute atomic E-state index is 5.87. The van der Waals surface area contributed by atoms with Gasteiger partial charge in [-0.3, -0.25) is 0 Å². The molecule has 1 heterocycles. The Kier molecular flexibility index (Phi) is 7.34. The van der Waals surface area contributed by atoms with Gasteiger partial charge in [0.25, 0.3) is 0 Å². The van der Waals surface area contributed by atoms with E-state index in [2.05, 4.69) is 21.5 Å². The molecule has 0 amide bonds. The number of rotatable bonds is 8. The van der Waals surface area contributed by atoms with Crippen molar-refractivity contribution >= 4 is 29.2 Å². The summed E-state index contributed by atoms with van der Waals surface area (Å²) < 4.78 is 0. The van der Waals surface area contributed by atoms with E-state index < -0.39 is 0 Å². The van der Waals surface area contributed by atoms with Crippen LogP contribution in [0.25, 0.3) is 0 Å². The number of hydrogen-bond acceptors (Lipinski definition) is 4. The topological polar surface area (TPSA) is 37.8 Å². The molecule has 0 unspecified atom stereocenters. The van der Waals surface area contributed by atoms with Gasteiger partial charge in [-0.2, -0.15) is 11.8 Å². The first-order valence-electron chi connectivity index (χ1n) is 5.54. The van der Waals surface area contributed by atoms with Crippen molar-refractivity contribution in [2.45, 2.75) is 25.7 Å². The van der Waals surface area contributed by atoms with E-state index in [9.17, 15) is 0 Å². The lowest BCUT2D eigenvalue weighted by Gasteiger charge is -2.05. The van der Waals surface area contributed by atoms with Crippen LogP contribution in [0, 0.1) is 0 Å². The number of nitrogens with zero attached hydrogens (tertiary/aromatic N) is 2. The Labute approximate surface area is 106 Å². The number of hydrogen-bond donors (Lipinski definition) is 1. The maximum atomic E-state index is 5.87. The van der Waals surface area contributed by atoms with E-state index in [-0.39, 0.29) is 0 Å². The minimum absolute atomic E-state index is 0.449. The van der Waals surface area contributed by atoms with Crippen LogP contribution >= 0.6 is 23.4 Å². The number of unbranched alkanes of at least 4 members (excludes halogenated alkanes) is 3. The first kappa shape index (κ1) is 13.6. The molecule has 0 aliphatic rings. The van der Waals surface area contributed by atoms with Gasteiger partial charge in [-0.25, -0.2) is 9.97 Å². The van der Waals surface area contributed by atoms with Gasteiger partial charge in [0.2, 0.25) is 0 Å². The normalized spacial score (nSPS) is 10.4. The van der Waals surface area contributed by atoms with Gasteiger partial charge in [0.1, 0.15) is 0 Å². The summed E-state index contributed by atoms with van der Waals surface area (Å²) in [7, 11) is 0. The van der Waals surface area contributed by atoms with Crippen molar-refractivity contribution in [3.05, 3.63) is 17.5 Å². The van der Waals surface area contributed by atoms with Crippen molar-refractivity contribution in [2.75, 3.05) is 23.9 Å². The molecular weight excluding hydrogens is 242 g/mol. The molecule has 0 aliphatic heterocycles. The zero-order valence-electron chi connectivity index (χ0n) is 9.58. The lowest BCUT2D eigenvalue weighted by atomic mass is 10.2. The summed E-state index contributed by atoms with van der Waals surface area (Å²) in [5.74, 6) is 1.96. The van der Waals surface area contributed by atoms with E-state index in [0.717, 1.165) is 13.0 Å². The minimum Gasteiger partial charge on any atom is -0.368 e. The second kappa shape index (κ2) is 8.65. The molecule has 16 heavy (non-hydrogen) atoms. The molecule has 1 aromatic rings. The Balaban J connectivity index is 2.05. The van der Waals surface area contributed by atoms with Gasteiger partial charge in [0, 0.05) is 18.9 Å². The molecule has 0 aliphatic carbocycles. The zero-order valence-corrected chi connectivity index (χ0v) is 11.2. The Bertz CT molecular complexity index is 296. The first-order chi connectivity index (χ1) is 7.84. The van der Waals surface area contributed by atoms with E-state index in [1.807, 2.05) is 11.8 Å². The Morgan fingerprint density at radius 1 is 1.19 bits per heavy atom. The first-order valence-corrected chi connectivity index (χ1v) is 7.31. The van der Waals surface area contributed by atoms with E-state index in [1.54, 1.807) is 12.4 Å². The molecule has 0 saturated carbocycles. The van der Waals surface area contributed by atoms with Gasteiger partial charge in [-0.05, 0) is 24.9 Å². The predicted octanol–water partition coefficient (Wildman–Crippen LogP) is 3.47. The van der Waals surface area contributed by atoms with Gasteiger partial charge >= 0.3 is 0 Å². The van der Waals surface area contributed by atoms with Crippen LogP contribution in [0.15, 0.2) is 12.4 Å². The van der Waals surface area contributed by atoms with Crippen LogP contribution in [0.5, 0.6) is 0 Å². The summed E-state index contributed by atoms with van der Waals surface area (Å²) in [5, 5.41) is 3.64. The van der Waals surface area contributed by atoms with Crippen LogP contribution in [0.3, 0.4) is 0 Å². The summed E-state index contributed by atoms with van der Waals surface area (Å²) in [4.78, 5) is 8.07. The molecule has 0 fully saturated rings. The van der Waals surface area contributed by atoms with E-state index in [4.69, 9.17) is 11.6 Å². The number of nitrogens with one attached hydrogen (secondary N) is 1. The average Bonchev–Trinajstić information content (AvgIpc) is 2.30. The predicted molar refractivity (Wildman–Crippen MR) is 72.4 cm³/mol. The molecule has 0 spiro atoms. The molecular formula is C11H18ClN3S. The summed E-state index contributed by atoms with van der Waals surface area (Å²) >= 11 is 7.78. The minimum atomic E-state index is 0.449. The van der Waals surface area contributed by atoms with Crippen molar-refractivity contribution in [1.29, 1.82) is 0 Å². The Hall–Kier alpha value is -0.480. The van der Waals surface area contributed by atoms with Gasteiger partial charge in [-0.1, -0.05) is 24.4 Å². The molecule has 1 rings (SSSR count). The average molecular weight is 260 g/mol. The van der Waals surface area contributed by atoms with Crippen LogP contribution < -0.4 is 5.32 Å². The zero-order chi connectivity index (χ0) is 11.6. The van der Waals surface area contributed by atoms with Crippen LogP contribution in [-0.4, -0.2) is 28.5 Å².